The van der Waals surface area contributed by atoms with E-state index in [1.165, 1.54) is 154 Å². The summed E-state index contributed by atoms with van der Waals surface area (Å²) in [6.45, 7) is 4.86. The monoisotopic (exact) mass is 816 g/mol. The van der Waals surface area contributed by atoms with Crippen molar-refractivity contribution in [1.29, 1.82) is 0 Å². The fourth-order valence-corrected chi connectivity index (χ4v) is 7.51. The molecule has 0 aliphatic carbocycles. The largest absolute Gasteiger partial charge is 0.466 e. The zero-order valence-corrected chi connectivity index (χ0v) is 38.5. The predicted molar refractivity (Wildman–Crippen MR) is 250 cm³/mol. The molecular weight excluding hydrogens is 719 g/mol. The molecule has 0 aliphatic rings. The minimum Gasteiger partial charge on any atom is -0.466 e. The normalized spacial score (nSPS) is 13.0. The molecule has 0 radical (unpaired) electrons. The number of carbonyl (C=O) groups is 2. The highest BCUT2D eigenvalue weighted by molar-refractivity contribution is 5.76. The van der Waals surface area contributed by atoms with Crippen LogP contribution in [0.5, 0.6) is 0 Å². The van der Waals surface area contributed by atoms with Gasteiger partial charge in [0.15, 0.2) is 0 Å². The Morgan fingerprint density at radius 3 is 1.34 bits per heavy atom. The lowest BCUT2D eigenvalue weighted by molar-refractivity contribution is -0.143. The van der Waals surface area contributed by atoms with E-state index in [2.05, 4.69) is 55.6 Å². The van der Waals surface area contributed by atoms with Crippen molar-refractivity contribution in [1.82, 2.24) is 5.32 Å². The number of aliphatic hydroxyl groups excluding tert-OH is 2. The van der Waals surface area contributed by atoms with E-state index in [1.807, 2.05) is 0 Å². The van der Waals surface area contributed by atoms with Crippen molar-refractivity contribution in [3.63, 3.8) is 0 Å². The smallest absolute Gasteiger partial charge is 0.305 e. The molecule has 0 fully saturated rings. The minimum absolute atomic E-state index is 0.0235. The van der Waals surface area contributed by atoms with Gasteiger partial charge >= 0.3 is 5.97 Å². The molecular formula is C52H97NO5. The number of nitrogens with one attached hydrogen (secondary N) is 1. The van der Waals surface area contributed by atoms with E-state index in [4.69, 9.17) is 4.74 Å². The first-order valence-corrected chi connectivity index (χ1v) is 25.3. The maximum Gasteiger partial charge on any atom is 0.305 e. The SMILES string of the molecule is CCCCCC/C=C\CCCCCCCC(=O)OCCCCC/C=C\C=C/CCCCCCCCCCCCC(=O)NC(CO)C(O)CCCCCCCCCCC. The maximum absolute atomic E-state index is 12.4. The number of allylic oxidation sites excluding steroid dienone is 6. The lowest BCUT2D eigenvalue weighted by Crippen LogP contribution is -2.45. The van der Waals surface area contributed by atoms with E-state index in [1.54, 1.807) is 0 Å². The van der Waals surface area contributed by atoms with Gasteiger partial charge in [0.1, 0.15) is 0 Å². The molecule has 340 valence electrons. The van der Waals surface area contributed by atoms with Gasteiger partial charge in [-0.25, -0.2) is 0 Å². The first-order valence-electron chi connectivity index (χ1n) is 25.3. The van der Waals surface area contributed by atoms with Gasteiger partial charge in [-0.2, -0.15) is 0 Å². The number of unbranched alkanes of at least 4 members (excludes halogenated alkanes) is 30. The Labute approximate surface area is 360 Å². The number of esters is 1. The second-order valence-corrected chi connectivity index (χ2v) is 17.2. The Morgan fingerprint density at radius 2 is 0.862 bits per heavy atom. The second-order valence-electron chi connectivity index (χ2n) is 17.2. The van der Waals surface area contributed by atoms with Crippen LogP contribution in [0.25, 0.3) is 0 Å². The zero-order valence-electron chi connectivity index (χ0n) is 38.5. The Hall–Kier alpha value is -1.92. The van der Waals surface area contributed by atoms with Crippen LogP contribution in [0.4, 0.5) is 0 Å². The first kappa shape index (κ1) is 56.1. The fourth-order valence-electron chi connectivity index (χ4n) is 7.51. The van der Waals surface area contributed by atoms with Crippen molar-refractivity contribution < 1.29 is 24.5 Å². The van der Waals surface area contributed by atoms with Crippen molar-refractivity contribution in [3.8, 4) is 0 Å². The van der Waals surface area contributed by atoms with Crippen LogP contribution >= 0.6 is 0 Å². The summed E-state index contributed by atoms with van der Waals surface area (Å²) in [6.07, 6.45) is 56.9. The third-order valence-electron chi connectivity index (χ3n) is 11.4. The van der Waals surface area contributed by atoms with E-state index < -0.39 is 12.1 Å². The predicted octanol–water partition coefficient (Wildman–Crippen LogP) is 14.9. The Kier molecular flexibility index (Phi) is 46.2. The molecule has 0 saturated heterocycles. The van der Waals surface area contributed by atoms with Crippen LogP contribution in [0.15, 0.2) is 36.5 Å². The summed E-state index contributed by atoms with van der Waals surface area (Å²) in [7, 11) is 0. The highest BCUT2D eigenvalue weighted by Crippen LogP contribution is 2.15. The van der Waals surface area contributed by atoms with Crippen molar-refractivity contribution in [2.24, 2.45) is 0 Å². The second kappa shape index (κ2) is 47.8. The number of hydrogen-bond donors (Lipinski definition) is 3. The van der Waals surface area contributed by atoms with E-state index in [9.17, 15) is 19.8 Å². The molecule has 0 aliphatic heterocycles. The van der Waals surface area contributed by atoms with Gasteiger partial charge in [0.25, 0.3) is 0 Å². The van der Waals surface area contributed by atoms with Crippen molar-refractivity contribution in [3.05, 3.63) is 36.5 Å². The molecule has 0 heterocycles. The van der Waals surface area contributed by atoms with Crippen LogP contribution in [-0.4, -0.2) is 47.4 Å². The molecule has 0 aromatic carbocycles. The van der Waals surface area contributed by atoms with Crippen LogP contribution in [0.1, 0.15) is 258 Å². The zero-order chi connectivity index (χ0) is 42.3. The molecule has 58 heavy (non-hydrogen) atoms. The molecule has 1 amide bonds. The number of rotatable bonds is 46. The summed E-state index contributed by atoms with van der Waals surface area (Å²) in [4.78, 5) is 24.4. The standard InChI is InChI=1S/C52H97NO5/c1-3-5-7-9-11-13-14-22-26-30-34-38-42-46-52(57)58-47-43-39-35-31-27-24-21-19-17-15-16-18-20-23-25-29-33-37-41-45-51(56)53-49(48-54)50(55)44-40-36-32-28-12-10-8-6-4-2/h13-14,19,21,24,27,49-50,54-55H,3-12,15-18,20,22-23,25-26,28-48H2,1-2H3,(H,53,56)/b14-13-,21-19-,27-24-. The van der Waals surface area contributed by atoms with Gasteiger partial charge < -0.3 is 20.3 Å². The van der Waals surface area contributed by atoms with E-state index in [-0.39, 0.29) is 18.5 Å². The average Bonchev–Trinajstić information content (AvgIpc) is 3.22. The number of hydrogen-bond acceptors (Lipinski definition) is 5. The Morgan fingerprint density at radius 1 is 0.483 bits per heavy atom. The van der Waals surface area contributed by atoms with Gasteiger partial charge in [-0.05, 0) is 83.5 Å². The van der Waals surface area contributed by atoms with Gasteiger partial charge in [0, 0.05) is 12.8 Å². The molecule has 0 aromatic heterocycles. The van der Waals surface area contributed by atoms with E-state index in [0.717, 1.165) is 70.6 Å². The summed E-state index contributed by atoms with van der Waals surface area (Å²) < 4.78 is 5.43. The maximum atomic E-state index is 12.4. The van der Waals surface area contributed by atoms with Gasteiger partial charge in [-0.15, -0.1) is 0 Å². The molecule has 2 atom stereocenters. The van der Waals surface area contributed by atoms with Crippen LogP contribution in [-0.2, 0) is 14.3 Å². The van der Waals surface area contributed by atoms with Gasteiger partial charge in [0.05, 0.1) is 25.4 Å². The molecule has 6 nitrogen and oxygen atoms in total. The molecule has 0 aromatic rings. The minimum atomic E-state index is -0.669. The fraction of sp³-hybridized carbons (Fsp3) is 0.846. The van der Waals surface area contributed by atoms with Crippen LogP contribution in [0.3, 0.4) is 0 Å². The highest BCUT2D eigenvalue weighted by atomic mass is 16.5. The lowest BCUT2D eigenvalue weighted by Gasteiger charge is -2.22. The Balaban J connectivity index is 3.47. The third-order valence-corrected chi connectivity index (χ3v) is 11.4. The summed E-state index contributed by atoms with van der Waals surface area (Å²) in [5, 5.41) is 23.0. The molecule has 0 spiro atoms. The number of aliphatic hydroxyl groups is 2. The van der Waals surface area contributed by atoms with Crippen molar-refractivity contribution in [2.75, 3.05) is 13.2 Å². The summed E-state index contributed by atoms with van der Waals surface area (Å²) in [5.41, 5.74) is 0. The number of amides is 1. The van der Waals surface area contributed by atoms with Crippen LogP contribution < -0.4 is 5.32 Å². The molecule has 2 unspecified atom stereocenters. The molecule has 0 bridgehead atoms. The quantitative estimate of drug-likeness (QED) is 0.0246. The highest BCUT2D eigenvalue weighted by Gasteiger charge is 2.20. The van der Waals surface area contributed by atoms with E-state index >= 15 is 0 Å². The summed E-state index contributed by atoms with van der Waals surface area (Å²) in [5.74, 6) is -0.0720. The molecule has 0 saturated carbocycles. The van der Waals surface area contributed by atoms with Crippen LogP contribution in [0, 0.1) is 0 Å². The summed E-state index contributed by atoms with van der Waals surface area (Å²) >= 11 is 0. The number of carbonyl (C=O) groups excluding carboxylic acids is 2. The third kappa shape index (κ3) is 43.7. The molecule has 0 rings (SSSR count). The van der Waals surface area contributed by atoms with E-state index in [0.29, 0.717) is 25.9 Å². The van der Waals surface area contributed by atoms with Gasteiger partial charge in [0.2, 0.25) is 5.91 Å². The summed E-state index contributed by atoms with van der Waals surface area (Å²) in [6, 6.07) is -0.547. The van der Waals surface area contributed by atoms with Gasteiger partial charge in [-0.3, -0.25) is 9.59 Å². The number of ether oxygens (including phenoxy) is 1. The first-order chi connectivity index (χ1) is 28.5. The van der Waals surface area contributed by atoms with Gasteiger partial charge in [-0.1, -0.05) is 198 Å². The average molecular weight is 816 g/mol. The Bertz CT molecular complexity index is 946. The topological polar surface area (TPSA) is 95.9 Å². The molecule has 6 heteroatoms. The van der Waals surface area contributed by atoms with Crippen molar-refractivity contribution in [2.45, 2.75) is 270 Å². The lowest BCUT2D eigenvalue weighted by atomic mass is 10.0. The molecule has 3 N–H and O–H groups in total. The van der Waals surface area contributed by atoms with Crippen LogP contribution in [0.2, 0.25) is 0 Å². The van der Waals surface area contributed by atoms with Crippen molar-refractivity contribution >= 4 is 11.9 Å².